The van der Waals surface area contributed by atoms with E-state index in [2.05, 4.69) is 5.32 Å². The molecule has 0 saturated carbocycles. The molecule has 0 bridgehead atoms. The SMILES string of the molecule is O=C1NCCC1N(C(=O)Cc1ccccc1)c1ccc([N+](=O)[O-])cc1. The van der Waals surface area contributed by atoms with E-state index in [1.807, 2.05) is 30.3 Å². The van der Waals surface area contributed by atoms with Crippen molar-refractivity contribution >= 4 is 23.2 Å². The summed E-state index contributed by atoms with van der Waals surface area (Å²) in [7, 11) is 0. The van der Waals surface area contributed by atoms with Gasteiger partial charge in [-0.05, 0) is 24.1 Å². The van der Waals surface area contributed by atoms with E-state index in [9.17, 15) is 19.7 Å². The molecule has 2 amide bonds. The molecule has 7 heteroatoms. The van der Waals surface area contributed by atoms with Gasteiger partial charge < -0.3 is 5.32 Å². The van der Waals surface area contributed by atoms with E-state index in [0.29, 0.717) is 18.7 Å². The molecule has 0 aliphatic carbocycles. The highest BCUT2D eigenvalue weighted by molar-refractivity contribution is 6.02. The van der Waals surface area contributed by atoms with Crippen molar-refractivity contribution in [3.8, 4) is 0 Å². The molecule has 1 unspecified atom stereocenters. The fraction of sp³-hybridized carbons (Fsp3) is 0.222. The highest BCUT2D eigenvalue weighted by atomic mass is 16.6. The van der Waals surface area contributed by atoms with Gasteiger partial charge in [-0.3, -0.25) is 24.6 Å². The Bertz CT molecular complexity index is 790. The second-order valence-electron chi connectivity index (χ2n) is 5.80. The van der Waals surface area contributed by atoms with E-state index in [0.717, 1.165) is 5.56 Å². The molecular weight excluding hydrogens is 322 g/mol. The summed E-state index contributed by atoms with van der Waals surface area (Å²) >= 11 is 0. The molecule has 1 heterocycles. The van der Waals surface area contributed by atoms with Gasteiger partial charge in [0, 0.05) is 24.4 Å². The van der Waals surface area contributed by atoms with E-state index in [1.54, 1.807) is 0 Å². The Labute approximate surface area is 144 Å². The molecule has 0 aromatic heterocycles. The van der Waals surface area contributed by atoms with Crippen LogP contribution in [0.5, 0.6) is 0 Å². The van der Waals surface area contributed by atoms with Crippen LogP contribution in [0.4, 0.5) is 11.4 Å². The van der Waals surface area contributed by atoms with E-state index >= 15 is 0 Å². The predicted octanol–water partition coefficient (Wildman–Crippen LogP) is 2.06. The van der Waals surface area contributed by atoms with E-state index in [1.165, 1.54) is 29.2 Å². The summed E-state index contributed by atoms with van der Waals surface area (Å²) in [4.78, 5) is 36.8. The van der Waals surface area contributed by atoms with E-state index in [4.69, 9.17) is 0 Å². The fourth-order valence-corrected chi connectivity index (χ4v) is 2.92. The Balaban J connectivity index is 1.90. The summed E-state index contributed by atoms with van der Waals surface area (Å²) in [5.74, 6) is -0.429. The maximum atomic E-state index is 12.9. The van der Waals surface area contributed by atoms with Crippen molar-refractivity contribution in [1.82, 2.24) is 5.32 Å². The average molecular weight is 339 g/mol. The second-order valence-corrected chi connectivity index (χ2v) is 5.80. The van der Waals surface area contributed by atoms with Crippen LogP contribution in [0.15, 0.2) is 54.6 Å². The van der Waals surface area contributed by atoms with Crippen molar-refractivity contribution in [1.29, 1.82) is 0 Å². The Morgan fingerprint density at radius 2 is 1.84 bits per heavy atom. The highest BCUT2D eigenvalue weighted by Gasteiger charge is 2.34. The van der Waals surface area contributed by atoms with Gasteiger partial charge in [0.05, 0.1) is 11.3 Å². The smallest absolute Gasteiger partial charge is 0.269 e. The minimum absolute atomic E-state index is 0.0601. The van der Waals surface area contributed by atoms with Crippen LogP contribution in [0, 0.1) is 10.1 Å². The molecule has 2 aromatic carbocycles. The molecule has 7 nitrogen and oxygen atoms in total. The quantitative estimate of drug-likeness (QED) is 0.666. The molecule has 1 saturated heterocycles. The first kappa shape index (κ1) is 16.6. The molecule has 2 aromatic rings. The number of anilines is 1. The first-order valence-electron chi connectivity index (χ1n) is 7.94. The van der Waals surface area contributed by atoms with Crippen LogP contribution in [-0.2, 0) is 16.0 Å². The van der Waals surface area contributed by atoms with Crippen molar-refractivity contribution in [3.05, 3.63) is 70.3 Å². The molecule has 25 heavy (non-hydrogen) atoms. The van der Waals surface area contributed by atoms with Crippen molar-refractivity contribution in [2.75, 3.05) is 11.4 Å². The first-order valence-corrected chi connectivity index (χ1v) is 7.94. The molecular formula is C18H17N3O4. The number of carbonyl (C=O) groups excluding carboxylic acids is 2. The van der Waals surface area contributed by atoms with Gasteiger partial charge in [-0.2, -0.15) is 0 Å². The van der Waals surface area contributed by atoms with Crippen molar-refractivity contribution in [3.63, 3.8) is 0 Å². The van der Waals surface area contributed by atoms with Gasteiger partial charge in [-0.1, -0.05) is 30.3 Å². The zero-order valence-corrected chi connectivity index (χ0v) is 13.4. The first-order chi connectivity index (χ1) is 12.1. The third-order valence-corrected chi connectivity index (χ3v) is 4.14. The standard InChI is InChI=1S/C18H17N3O4/c22-17(12-13-4-2-1-3-5-13)20(16-10-11-19-18(16)23)14-6-8-15(9-7-14)21(24)25/h1-9,16H,10-12H2,(H,19,23). The van der Waals surface area contributed by atoms with Crippen molar-refractivity contribution in [2.24, 2.45) is 0 Å². The maximum absolute atomic E-state index is 12.9. The normalized spacial score (nSPS) is 16.3. The lowest BCUT2D eigenvalue weighted by molar-refractivity contribution is -0.384. The summed E-state index contributed by atoms with van der Waals surface area (Å²) in [6.45, 7) is 0.506. The number of non-ortho nitro benzene ring substituents is 1. The van der Waals surface area contributed by atoms with Gasteiger partial charge >= 0.3 is 0 Å². The zero-order chi connectivity index (χ0) is 17.8. The Kier molecular flexibility index (Phi) is 4.74. The summed E-state index contributed by atoms with van der Waals surface area (Å²) in [6.07, 6.45) is 0.665. The van der Waals surface area contributed by atoms with Crippen LogP contribution in [0.1, 0.15) is 12.0 Å². The lowest BCUT2D eigenvalue weighted by Crippen LogP contribution is -2.45. The summed E-state index contributed by atoms with van der Waals surface area (Å²) < 4.78 is 0. The number of nitro groups is 1. The van der Waals surface area contributed by atoms with Gasteiger partial charge in [0.15, 0.2) is 0 Å². The Hall–Kier alpha value is -3.22. The number of nitro benzene ring substituents is 1. The van der Waals surface area contributed by atoms with Crippen LogP contribution in [0.25, 0.3) is 0 Å². The van der Waals surface area contributed by atoms with Gasteiger partial charge in [0.2, 0.25) is 11.8 Å². The van der Waals surface area contributed by atoms with Gasteiger partial charge in [0.1, 0.15) is 6.04 Å². The molecule has 1 fully saturated rings. The molecule has 1 N–H and O–H groups in total. The van der Waals surface area contributed by atoms with E-state index in [-0.39, 0.29) is 23.9 Å². The van der Waals surface area contributed by atoms with Crippen LogP contribution < -0.4 is 10.2 Å². The van der Waals surface area contributed by atoms with Gasteiger partial charge in [-0.15, -0.1) is 0 Å². The minimum atomic E-state index is -0.599. The van der Waals surface area contributed by atoms with Gasteiger partial charge in [0.25, 0.3) is 5.69 Å². The van der Waals surface area contributed by atoms with Crippen LogP contribution in [0.2, 0.25) is 0 Å². The lowest BCUT2D eigenvalue weighted by atomic mass is 10.1. The molecule has 1 aliphatic rings. The predicted molar refractivity (Wildman–Crippen MR) is 92.1 cm³/mol. The largest absolute Gasteiger partial charge is 0.354 e. The van der Waals surface area contributed by atoms with Crippen molar-refractivity contribution in [2.45, 2.75) is 18.9 Å². The monoisotopic (exact) mass is 339 g/mol. The summed E-state index contributed by atoms with van der Waals surface area (Å²) in [5, 5.41) is 13.6. The Morgan fingerprint density at radius 3 is 2.40 bits per heavy atom. The zero-order valence-electron chi connectivity index (χ0n) is 13.4. The molecule has 1 aliphatic heterocycles. The highest BCUT2D eigenvalue weighted by Crippen LogP contribution is 2.25. The molecule has 1 atom stereocenters. The molecule has 3 rings (SSSR count). The Morgan fingerprint density at radius 1 is 1.16 bits per heavy atom. The number of carbonyl (C=O) groups is 2. The average Bonchev–Trinajstić information content (AvgIpc) is 3.02. The lowest BCUT2D eigenvalue weighted by Gasteiger charge is -2.27. The van der Waals surface area contributed by atoms with Crippen LogP contribution >= 0.6 is 0 Å². The number of rotatable bonds is 5. The second kappa shape index (κ2) is 7.12. The maximum Gasteiger partial charge on any atom is 0.269 e. The molecule has 0 spiro atoms. The van der Waals surface area contributed by atoms with Gasteiger partial charge in [-0.25, -0.2) is 0 Å². The minimum Gasteiger partial charge on any atom is -0.354 e. The fourth-order valence-electron chi connectivity index (χ4n) is 2.92. The topological polar surface area (TPSA) is 92.6 Å². The summed E-state index contributed by atoms with van der Waals surface area (Å²) in [6, 6.07) is 14.4. The number of hydrogen-bond donors (Lipinski definition) is 1. The third kappa shape index (κ3) is 3.65. The number of benzene rings is 2. The van der Waals surface area contributed by atoms with Crippen LogP contribution in [-0.4, -0.2) is 29.3 Å². The number of hydrogen-bond acceptors (Lipinski definition) is 4. The van der Waals surface area contributed by atoms with Crippen molar-refractivity contribution < 1.29 is 14.5 Å². The number of nitrogens with one attached hydrogen (secondary N) is 1. The molecule has 128 valence electrons. The van der Waals surface area contributed by atoms with E-state index < -0.39 is 11.0 Å². The van der Waals surface area contributed by atoms with Crippen LogP contribution in [0.3, 0.4) is 0 Å². The third-order valence-electron chi connectivity index (χ3n) is 4.14. The molecule has 0 radical (unpaired) electrons. The number of nitrogens with zero attached hydrogens (tertiary/aromatic N) is 2. The summed E-state index contributed by atoms with van der Waals surface area (Å²) in [5.41, 5.74) is 1.27. The number of amides is 2.